The highest BCUT2D eigenvalue weighted by atomic mass is 32.1. The average molecular weight is 435 g/mol. The van der Waals surface area contributed by atoms with Gasteiger partial charge in [0.15, 0.2) is 0 Å². The molecule has 7 N–H and O–H groups in total. The van der Waals surface area contributed by atoms with Crippen LogP contribution in [0.15, 0.2) is 0 Å². The summed E-state index contributed by atoms with van der Waals surface area (Å²) in [5, 5.41) is 25.6. The van der Waals surface area contributed by atoms with Crippen molar-refractivity contribution >= 4 is 36.3 Å². The maximum absolute atomic E-state index is 12.6. The van der Waals surface area contributed by atoms with E-state index in [9.17, 15) is 24.3 Å². The lowest BCUT2D eigenvalue weighted by molar-refractivity contribution is -0.143. The van der Waals surface area contributed by atoms with Crippen molar-refractivity contribution in [1.82, 2.24) is 16.0 Å². The van der Waals surface area contributed by atoms with Gasteiger partial charge in [-0.2, -0.15) is 12.6 Å². The van der Waals surface area contributed by atoms with Crippen LogP contribution in [0.1, 0.15) is 40.5 Å². The van der Waals surface area contributed by atoms with Crippen LogP contribution >= 0.6 is 12.6 Å². The molecule has 4 atom stereocenters. The first-order valence-corrected chi connectivity index (χ1v) is 10.2. The van der Waals surface area contributed by atoms with Gasteiger partial charge in [-0.15, -0.1) is 0 Å². The molecule has 0 rings (SSSR count). The Morgan fingerprint density at radius 1 is 0.828 bits per heavy atom. The predicted molar refractivity (Wildman–Crippen MR) is 111 cm³/mol. The Hall–Kier alpha value is -1.85. The first-order valence-electron chi connectivity index (χ1n) is 9.54. The Bertz CT molecular complexity index is 573. The van der Waals surface area contributed by atoms with E-state index < -0.39 is 54.5 Å². The Balaban J connectivity index is 5.24. The fraction of sp³-hybridized carbons (Fsp3) is 0.778. The molecule has 11 heteroatoms. The number of thiol groups is 1. The Morgan fingerprint density at radius 2 is 1.24 bits per heavy atom. The van der Waals surface area contributed by atoms with Gasteiger partial charge >= 0.3 is 5.97 Å². The van der Waals surface area contributed by atoms with Gasteiger partial charge in [0.25, 0.3) is 0 Å². The average Bonchev–Trinajstić information content (AvgIpc) is 2.62. The van der Waals surface area contributed by atoms with Gasteiger partial charge in [0.2, 0.25) is 17.7 Å². The first kappa shape index (κ1) is 27.1. The number of aliphatic carboxylic acids is 1. The number of carboxylic acid groups (broad SMARTS) is 1. The Morgan fingerprint density at radius 3 is 1.66 bits per heavy atom. The number of hydrogen-bond acceptors (Lipinski definition) is 7. The molecule has 10 nitrogen and oxygen atoms in total. The van der Waals surface area contributed by atoms with Crippen LogP contribution in [0, 0.1) is 11.8 Å². The molecule has 0 aromatic carbocycles. The van der Waals surface area contributed by atoms with E-state index in [1.807, 2.05) is 27.7 Å². The van der Waals surface area contributed by atoms with Gasteiger partial charge in [-0.05, 0) is 24.7 Å². The molecule has 0 heterocycles. The Kier molecular flexibility index (Phi) is 12.5. The zero-order chi connectivity index (χ0) is 22.7. The van der Waals surface area contributed by atoms with Gasteiger partial charge in [-0.25, -0.2) is 4.79 Å². The summed E-state index contributed by atoms with van der Waals surface area (Å²) in [7, 11) is 0. The largest absolute Gasteiger partial charge is 0.480 e. The molecule has 0 spiro atoms. The number of amides is 3. The standard InChI is InChI=1S/C18H34N4O6S/c1-9(2)5-12(16(25)21-13(18(27)28)6-10(3)4)20-17(26)14(8-29)22-15(24)11(19)7-23/h9-14,23,29H,5-8,19H2,1-4H3,(H,20,26)(H,21,25)(H,22,24)(H,27,28). The minimum atomic E-state index is -1.19. The van der Waals surface area contributed by atoms with Gasteiger partial charge < -0.3 is 31.9 Å². The summed E-state index contributed by atoms with van der Waals surface area (Å²) in [4.78, 5) is 48.4. The van der Waals surface area contributed by atoms with Crippen molar-refractivity contribution in [2.75, 3.05) is 12.4 Å². The maximum Gasteiger partial charge on any atom is 0.326 e. The molecule has 0 fully saturated rings. The molecule has 0 aromatic heterocycles. The Labute approximate surface area is 176 Å². The zero-order valence-corrected chi connectivity index (χ0v) is 18.2. The minimum Gasteiger partial charge on any atom is -0.480 e. The molecule has 0 aliphatic rings. The highest BCUT2D eigenvalue weighted by molar-refractivity contribution is 7.80. The minimum absolute atomic E-state index is 0.0336. The highest BCUT2D eigenvalue weighted by Crippen LogP contribution is 2.09. The van der Waals surface area contributed by atoms with Crippen LogP contribution < -0.4 is 21.7 Å². The quantitative estimate of drug-likeness (QED) is 0.180. The van der Waals surface area contributed by atoms with Crippen LogP contribution in [0.3, 0.4) is 0 Å². The summed E-state index contributed by atoms with van der Waals surface area (Å²) in [6, 6.07) is -4.32. The summed E-state index contributed by atoms with van der Waals surface area (Å²) >= 11 is 4.03. The van der Waals surface area contributed by atoms with E-state index in [1.165, 1.54) is 0 Å². The number of nitrogens with one attached hydrogen (secondary N) is 3. The third-order valence-electron chi connectivity index (χ3n) is 4.01. The molecule has 0 bridgehead atoms. The number of rotatable bonds is 13. The van der Waals surface area contributed by atoms with E-state index in [-0.39, 0.29) is 30.4 Å². The molecule has 4 unspecified atom stereocenters. The summed E-state index contributed by atoms with van der Waals surface area (Å²) in [5.74, 6) is -3.13. The van der Waals surface area contributed by atoms with Crippen LogP contribution in [0.5, 0.6) is 0 Å². The van der Waals surface area contributed by atoms with Gasteiger partial charge in [0, 0.05) is 5.75 Å². The number of carbonyl (C=O) groups is 4. The predicted octanol–water partition coefficient (Wildman–Crippen LogP) is -1.13. The van der Waals surface area contributed by atoms with Gasteiger partial charge in [-0.3, -0.25) is 14.4 Å². The van der Waals surface area contributed by atoms with Crippen molar-refractivity contribution in [3.63, 3.8) is 0 Å². The molecule has 0 saturated heterocycles. The maximum atomic E-state index is 12.6. The number of aliphatic hydroxyl groups excluding tert-OH is 1. The van der Waals surface area contributed by atoms with Crippen molar-refractivity contribution in [3.05, 3.63) is 0 Å². The molecule has 0 saturated carbocycles. The van der Waals surface area contributed by atoms with Crippen molar-refractivity contribution < 1.29 is 29.4 Å². The normalized spacial score (nSPS) is 15.3. The third kappa shape index (κ3) is 10.5. The fourth-order valence-corrected chi connectivity index (χ4v) is 2.75. The van der Waals surface area contributed by atoms with E-state index in [0.717, 1.165) is 0 Å². The molecular weight excluding hydrogens is 400 g/mol. The first-order chi connectivity index (χ1) is 13.4. The van der Waals surface area contributed by atoms with Gasteiger partial charge in [0.05, 0.1) is 6.61 Å². The van der Waals surface area contributed by atoms with Crippen LogP contribution in [0.4, 0.5) is 0 Å². The SMILES string of the molecule is CC(C)CC(NC(=O)C(CC(C)C)NC(=O)C(CS)NC(=O)C(N)CO)C(=O)O. The smallest absolute Gasteiger partial charge is 0.326 e. The van der Waals surface area contributed by atoms with Crippen LogP contribution in [0.25, 0.3) is 0 Å². The monoisotopic (exact) mass is 434 g/mol. The van der Waals surface area contributed by atoms with Crippen LogP contribution in [-0.4, -0.2) is 70.4 Å². The fourth-order valence-electron chi connectivity index (χ4n) is 2.50. The highest BCUT2D eigenvalue weighted by Gasteiger charge is 2.30. The van der Waals surface area contributed by atoms with E-state index >= 15 is 0 Å². The van der Waals surface area contributed by atoms with Crippen molar-refractivity contribution in [2.24, 2.45) is 17.6 Å². The second-order valence-corrected chi connectivity index (χ2v) is 8.12. The van der Waals surface area contributed by atoms with E-state index in [1.54, 1.807) is 0 Å². The lowest BCUT2D eigenvalue weighted by Crippen LogP contribution is -2.58. The van der Waals surface area contributed by atoms with E-state index in [2.05, 4.69) is 28.6 Å². The number of hydrogen-bond donors (Lipinski definition) is 7. The van der Waals surface area contributed by atoms with E-state index in [0.29, 0.717) is 0 Å². The van der Waals surface area contributed by atoms with Gasteiger partial charge in [0.1, 0.15) is 24.2 Å². The molecular formula is C18H34N4O6S. The number of carbonyl (C=O) groups excluding carboxylic acids is 3. The third-order valence-corrected chi connectivity index (χ3v) is 4.38. The second kappa shape index (κ2) is 13.4. The summed E-state index contributed by atoms with van der Waals surface area (Å²) < 4.78 is 0. The van der Waals surface area contributed by atoms with E-state index in [4.69, 9.17) is 10.8 Å². The van der Waals surface area contributed by atoms with Crippen LogP contribution in [0.2, 0.25) is 0 Å². The lowest BCUT2D eigenvalue weighted by atomic mass is 10.0. The second-order valence-electron chi connectivity index (χ2n) is 7.75. The number of carboxylic acids is 1. The number of nitrogens with two attached hydrogens (primary N) is 1. The molecule has 0 radical (unpaired) electrons. The topological polar surface area (TPSA) is 171 Å². The van der Waals surface area contributed by atoms with Crippen LogP contribution in [-0.2, 0) is 19.2 Å². The zero-order valence-electron chi connectivity index (χ0n) is 17.3. The summed E-state index contributed by atoms with van der Waals surface area (Å²) in [6.07, 6.45) is 0.521. The summed E-state index contributed by atoms with van der Waals surface area (Å²) in [5.41, 5.74) is 5.42. The summed E-state index contributed by atoms with van der Waals surface area (Å²) in [6.45, 7) is 6.80. The van der Waals surface area contributed by atoms with Crippen molar-refractivity contribution in [1.29, 1.82) is 0 Å². The molecule has 3 amide bonds. The molecule has 168 valence electrons. The molecule has 0 aromatic rings. The lowest BCUT2D eigenvalue weighted by Gasteiger charge is -2.25. The molecule has 0 aliphatic carbocycles. The molecule has 29 heavy (non-hydrogen) atoms. The van der Waals surface area contributed by atoms with Crippen molar-refractivity contribution in [3.8, 4) is 0 Å². The van der Waals surface area contributed by atoms with Gasteiger partial charge in [-0.1, -0.05) is 27.7 Å². The molecule has 0 aliphatic heterocycles. The number of aliphatic hydroxyl groups is 1. The van der Waals surface area contributed by atoms with Crippen molar-refractivity contribution in [2.45, 2.75) is 64.7 Å².